The molecule has 1 aliphatic heterocycles. The molecule has 1 aliphatic carbocycles. The van der Waals surface area contributed by atoms with Crippen LogP contribution < -0.4 is 24.8 Å². The molecule has 0 bridgehead atoms. The van der Waals surface area contributed by atoms with Gasteiger partial charge in [-0.3, -0.25) is 0 Å². The summed E-state index contributed by atoms with van der Waals surface area (Å²) >= 11 is 6.49. The predicted octanol–water partition coefficient (Wildman–Crippen LogP) is 0.908. The van der Waals surface area contributed by atoms with E-state index in [1.54, 1.807) is 0 Å². The molecular weight excluding hydrogens is 546 g/mol. The molecule has 26 heavy (non-hydrogen) atoms. The number of halogens is 3. The average Bonchev–Trinajstić information content (AvgIpc) is 3.31. The van der Waals surface area contributed by atoms with E-state index >= 15 is 0 Å². The Morgan fingerprint density at radius 1 is 1.00 bits per heavy atom. The van der Waals surface area contributed by atoms with Crippen molar-refractivity contribution in [2.24, 2.45) is 0 Å². The molecule has 0 saturated carbocycles. The molecule has 0 saturated heterocycles. The maximum atomic E-state index is 4.17. The SMILES string of the molecule is BrC1[C-]=C2C(=Cc3ccccc32)S1.[Cl-].[Cl-].[S]=[Zr+2].c1ccc2[cH-]ccc2c1. The molecular formula is C20H13BrCl2S2Zr-2. The summed E-state index contributed by atoms with van der Waals surface area (Å²) in [5, 5.41) is 2.66. The zero-order valence-corrected chi connectivity index (χ0v) is 20.6. The van der Waals surface area contributed by atoms with E-state index in [0.29, 0.717) is 4.16 Å². The van der Waals surface area contributed by atoms with Crippen LogP contribution in [0.15, 0.2) is 71.6 Å². The first kappa shape index (κ1) is 24.1. The van der Waals surface area contributed by atoms with E-state index in [1.165, 1.54) is 32.4 Å². The van der Waals surface area contributed by atoms with Crippen LogP contribution >= 0.6 is 36.5 Å². The molecule has 0 fully saturated rings. The Bertz CT molecular complexity index is 891. The molecule has 132 valence electrons. The second-order valence-corrected chi connectivity index (χ2v) is 7.87. The Morgan fingerprint density at radius 2 is 1.69 bits per heavy atom. The summed E-state index contributed by atoms with van der Waals surface area (Å²) in [7, 11) is 4.17. The van der Waals surface area contributed by atoms with Crippen LogP contribution in [-0.4, -0.2) is 4.16 Å². The molecule has 3 aromatic carbocycles. The minimum atomic E-state index is 0. The molecule has 6 heteroatoms. The second kappa shape index (κ2) is 11.8. The molecule has 3 aromatic rings. The Balaban J connectivity index is 0.000000232. The monoisotopic (exact) mass is 556 g/mol. The van der Waals surface area contributed by atoms with E-state index in [0.717, 1.165) is 22.7 Å². The van der Waals surface area contributed by atoms with Gasteiger partial charge in [0.05, 0.1) is 0 Å². The zero-order chi connectivity index (χ0) is 16.9. The number of hydrogen-bond acceptors (Lipinski definition) is 2. The van der Waals surface area contributed by atoms with Gasteiger partial charge in [0, 0.05) is 4.16 Å². The molecule has 1 heterocycles. The van der Waals surface area contributed by atoms with Gasteiger partial charge in [-0.05, 0) is 0 Å². The number of rotatable bonds is 0. The van der Waals surface area contributed by atoms with Crippen LogP contribution in [0.5, 0.6) is 0 Å². The Morgan fingerprint density at radius 3 is 2.46 bits per heavy atom. The number of alkyl halides is 1. The van der Waals surface area contributed by atoms with Crippen molar-refractivity contribution in [2.75, 3.05) is 0 Å². The van der Waals surface area contributed by atoms with E-state index in [4.69, 9.17) is 0 Å². The summed E-state index contributed by atoms with van der Waals surface area (Å²) in [6, 6.07) is 23.1. The molecule has 1 unspecified atom stereocenters. The van der Waals surface area contributed by atoms with Gasteiger partial charge in [-0.2, -0.15) is 40.9 Å². The van der Waals surface area contributed by atoms with Gasteiger partial charge in [0.1, 0.15) is 0 Å². The van der Waals surface area contributed by atoms with E-state index in [1.807, 2.05) is 11.8 Å². The molecule has 2 aliphatic rings. The summed E-state index contributed by atoms with van der Waals surface area (Å²) in [6.07, 6.45) is 5.64. The van der Waals surface area contributed by atoms with Crippen molar-refractivity contribution in [2.45, 2.75) is 4.16 Å². The van der Waals surface area contributed by atoms with E-state index in [2.05, 4.69) is 104 Å². The molecule has 5 rings (SSSR count). The third kappa shape index (κ3) is 5.53. The van der Waals surface area contributed by atoms with Crippen molar-refractivity contribution in [1.82, 2.24) is 0 Å². The van der Waals surface area contributed by atoms with Crippen molar-refractivity contribution < 1.29 is 47.5 Å². The number of hydrogen-bond donors (Lipinski definition) is 0. The zero-order valence-electron chi connectivity index (χ0n) is 13.5. The topological polar surface area (TPSA) is 0 Å². The summed E-state index contributed by atoms with van der Waals surface area (Å²) in [5.74, 6) is 0. The molecule has 0 N–H and O–H groups in total. The van der Waals surface area contributed by atoms with Gasteiger partial charge in [0.25, 0.3) is 0 Å². The summed E-state index contributed by atoms with van der Waals surface area (Å²) in [5.41, 5.74) is 3.93. The van der Waals surface area contributed by atoms with Gasteiger partial charge >= 0.3 is 31.5 Å². The third-order valence-corrected chi connectivity index (χ3v) is 5.49. The smallest absolute Gasteiger partial charge is 0.0809 e. The fourth-order valence-electron chi connectivity index (χ4n) is 2.76. The molecule has 0 amide bonds. The van der Waals surface area contributed by atoms with Crippen LogP contribution in [0.4, 0.5) is 0 Å². The second-order valence-electron chi connectivity index (χ2n) is 5.20. The van der Waals surface area contributed by atoms with Crippen LogP contribution in [0.25, 0.3) is 22.4 Å². The van der Waals surface area contributed by atoms with Crippen molar-refractivity contribution in [3.05, 3.63) is 88.8 Å². The quantitative estimate of drug-likeness (QED) is 0.297. The number of fused-ring (bicyclic) bond motifs is 4. The Hall–Kier alpha value is 0.0431. The van der Waals surface area contributed by atoms with Gasteiger partial charge in [0.15, 0.2) is 0 Å². The molecule has 0 aromatic heterocycles. The van der Waals surface area contributed by atoms with Crippen molar-refractivity contribution in [3.8, 4) is 0 Å². The molecule has 1 atom stereocenters. The van der Waals surface area contributed by atoms with Crippen molar-refractivity contribution in [3.63, 3.8) is 0 Å². The van der Waals surface area contributed by atoms with Crippen LogP contribution in [0.1, 0.15) is 11.1 Å². The molecule has 0 radical (unpaired) electrons. The van der Waals surface area contributed by atoms with Gasteiger partial charge in [-0.1, -0.05) is 50.7 Å². The fourth-order valence-corrected chi connectivity index (χ4v) is 4.48. The first-order chi connectivity index (χ1) is 11.8. The third-order valence-electron chi connectivity index (χ3n) is 3.80. The largest absolute Gasteiger partial charge is 0.168 e. The van der Waals surface area contributed by atoms with E-state index in [-0.39, 0.29) is 24.8 Å². The molecule has 0 spiro atoms. The first-order valence-corrected chi connectivity index (χ1v) is 12.6. The maximum absolute atomic E-state index is 4.17. The van der Waals surface area contributed by atoms with Crippen LogP contribution in [0.2, 0.25) is 0 Å². The first-order valence-electron chi connectivity index (χ1n) is 7.38. The average molecular weight is 559 g/mol. The van der Waals surface area contributed by atoms with Crippen LogP contribution in [0, 0.1) is 6.08 Å². The standard InChI is InChI=1S/C11H6BrS.C9H7.2ClH.S.Zr/c12-11-6-9-8-4-2-1-3-7(8)5-10(9)13-11;1-2-5-9-7-3-6-8(9)4-1;;;;/h1-5,11H;1-7H;2*1H;;/q2*-1;;;;+2/p-2. The summed E-state index contributed by atoms with van der Waals surface area (Å²) < 4.78 is 0.335. The molecule has 0 nitrogen and oxygen atoms in total. The van der Waals surface area contributed by atoms with Gasteiger partial charge in [-0.25, -0.2) is 0 Å². The van der Waals surface area contributed by atoms with E-state index < -0.39 is 0 Å². The number of thioether (sulfide) groups is 1. The fraction of sp³-hybridized carbons (Fsp3) is 0.0500. The van der Waals surface area contributed by atoms with Gasteiger partial charge < -0.3 is 24.8 Å². The van der Waals surface area contributed by atoms with Crippen LogP contribution in [-0.2, 0) is 22.7 Å². The Labute approximate surface area is 197 Å². The number of allylic oxidation sites excluding steroid dienone is 1. The van der Waals surface area contributed by atoms with Gasteiger partial charge in [0.2, 0.25) is 0 Å². The summed E-state index contributed by atoms with van der Waals surface area (Å²) in [6.45, 7) is 0. The minimum absolute atomic E-state index is 0. The van der Waals surface area contributed by atoms with E-state index in [9.17, 15) is 0 Å². The minimum Gasteiger partial charge on any atom is -0.168 e. The van der Waals surface area contributed by atoms with Crippen LogP contribution in [0.3, 0.4) is 0 Å². The number of benzene rings is 2. The normalized spacial score (nSPS) is 15.6. The van der Waals surface area contributed by atoms with Gasteiger partial charge in [-0.15, -0.1) is 47.4 Å². The summed E-state index contributed by atoms with van der Waals surface area (Å²) in [4.78, 5) is 1.35. The van der Waals surface area contributed by atoms with Crippen molar-refractivity contribution >= 4 is 59.0 Å². The maximum Gasteiger partial charge on any atom is -0.0809 e. The Kier molecular flexibility index (Phi) is 10.9. The van der Waals surface area contributed by atoms with Crippen molar-refractivity contribution in [1.29, 1.82) is 0 Å². The predicted molar refractivity (Wildman–Crippen MR) is 109 cm³/mol.